The normalized spacial score (nSPS) is 10.9. The van der Waals surface area contributed by atoms with E-state index in [1.807, 2.05) is 30.5 Å². The molecule has 0 amide bonds. The third-order valence-electron chi connectivity index (χ3n) is 4.94. The highest BCUT2D eigenvalue weighted by molar-refractivity contribution is 5.79. The summed E-state index contributed by atoms with van der Waals surface area (Å²) in [6.45, 7) is 2.86. The molecule has 1 aromatic carbocycles. The zero-order chi connectivity index (χ0) is 19.9. The van der Waals surface area contributed by atoms with Crippen molar-refractivity contribution >= 4 is 17.0 Å². The molecule has 0 bridgehead atoms. The molecule has 0 aliphatic heterocycles. The van der Waals surface area contributed by atoms with E-state index in [2.05, 4.69) is 27.5 Å². The third kappa shape index (κ3) is 4.42. The van der Waals surface area contributed by atoms with Crippen LogP contribution in [-0.4, -0.2) is 21.6 Å². The van der Waals surface area contributed by atoms with Crippen molar-refractivity contribution in [3.8, 4) is 11.8 Å². The van der Waals surface area contributed by atoms with E-state index >= 15 is 0 Å². The van der Waals surface area contributed by atoms with Gasteiger partial charge in [0.05, 0.1) is 42.9 Å². The zero-order valence-electron chi connectivity index (χ0n) is 16.6. The van der Waals surface area contributed by atoms with Crippen LogP contribution in [0.4, 0.5) is 5.95 Å². The lowest BCUT2D eigenvalue weighted by atomic mass is 10.1. The van der Waals surface area contributed by atoms with Gasteiger partial charge in [-0.2, -0.15) is 5.26 Å². The molecule has 2 heterocycles. The van der Waals surface area contributed by atoms with Gasteiger partial charge in [-0.3, -0.25) is 0 Å². The molecule has 0 unspecified atom stereocenters. The first kappa shape index (κ1) is 19.7. The molecule has 0 spiro atoms. The Kier molecular flexibility index (Phi) is 6.49. The predicted molar refractivity (Wildman–Crippen MR) is 111 cm³/mol. The number of fused-ring (bicyclic) bond motifs is 1. The van der Waals surface area contributed by atoms with Crippen LogP contribution in [0.25, 0.3) is 11.0 Å². The molecule has 146 valence electrons. The van der Waals surface area contributed by atoms with Gasteiger partial charge in [-0.15, -0.1) is 0 Å². The van der Waals surface area contributed by atoms with Crippen molar-refractivity contribution in [2.75, 3.05) is 12.8 Å². The Labute approximate surface area is 166 Å². The second-order valence-corrected chi connectivity index (χ2v) is 7.00. The lowest BCUT2D eigenvalue weighted by molar-refractivity contribution is 0.408. The molecule has 3 aromatic rings. The SMILES string of the molecule is CCCCCCc1nc(N)nc2ccn(Cc3ccc(CC#N)cc3OC)c12. The predicted octanol–water partition coefficient (Wildman–Crippen LogP) is 4.26. The van der Waals surface area contributed by atoms with Crippen LogP contribution in [0, 0.1) is 11.3 Å². The summed E-state index contributed by atoms with van der Waals surface area (Å²) >= 11 is 0. The van der Waals surface area contributed by atoms with Crippen LogP contribution >= 0.6 is 0 Å². The van der Waals surface area contributed by atoms with Crippen molar-refractivity contribution in [2.24, 2.45) is 0 Å². The van der Waals surface area contributed by atoms with Gasteiger partial charge in [0.15, 0.2) is 0 Å². The molecule has 0 saturated carbocycles. The molecule has 0 radical (unpaired) electrons. The summed E-state index contributed by atoms with van der Waals surface area (Å²) in [6, 6.07) is 10.1. The number of aryl methyl sites for hydroxylation is 1. The standard InChI is InChI=1S/C22H27N5O/c1-3-4-5-6-7-18-21-19(26-22(24)25-18)11-13-27(21)15-17-9-8-16(10-12-23)14-20(17)28-2/h8-9,11,13-14H,3-7,10,15H2,1-2H3,(H2,24,25,26). The van der Waals surface area contributed by atoms with Crippen LogP contribution in [0.1, 0.15) is 49.4 Å². The number of anilines is 1. The summed E-state index contributed by atoms with van der Waals surface area (Å²) in [4.78, 5) is 8.94. The zero-order valence-corrected chi connectivity index (χ0v) is 16.6. The van der Waals surface area contributed by atoms with E-state index in [0.29, 0.717) is 18.9 Å². The molecule has 0 fully saturated rings. The van der Waals surface area contributed by atoms with Gasteiger partial charge < -0.3 is 15.0 Å². The number of hydrogen-bond donors (Lipinski definition) is 1. The van der Waals surface area contributed by atoms with Crippen molar-refractivity contribution in [3.05, 3.63) is 47.3 Å². The van der Waals surface area contributed by atoms with E-state index in [9.17, 15) is 0 Å². The fourth-order valence-corrected chi connectivity index (χ4v) is 3.53. The number of unbranched alkanes of at least 4 members (excludes halogenated alkanes) is 3. The quantitative estimate of drug-likeness (QED) is 0.563. The number of rotatable bonds is 9. The number of ether oxygens (including phenoxy) is 1. The number of aromatic nitrogens is 3. The van der Waals surface area contributed by atoms with Gasteiger partial charge >= 0.3 is 0 Å². The van der Waals surface area contributed by atoms with Gasteiger partial charge in [0, 0.05) is 11.8 Å². The largest absolute Gasteiger partial charge is 0.496 e. The number of nitriles is 1. The molecule has 2 aromatic heterocycles. The van der Waals surface area contributed by atoms with Crippen LogP contribution in [-0.2, 0) is 19.4 Å². The van der Waals surface area contributed by atoms with Gasteiger partial charge in [-0.25, -0.2) is 9.97 Å². The van der Waals surface area contributed by atoms with Crippen LogP contribution < -0.4 is 10.5 Å². The highest BCUT2D eigenvalue weighted by Gasteiger charge is 2.13. The Morgan fingerprint density at radius 2 is 2.04 bits per heavy atom. The molecule has 0 atom stereocenters. The molecule has 6 nitrogen and oxygen atoms in total. The summed E-state index contributed by atoms with van der Waals surface area (Å²) < 4.78 is 7.72. The van der Waals surface area contributed by atoms with Crippen molar-refractivity contribution in [1.82, 2.24) is 14.5 Å². The maximum atomic E-state index is 8.92. The highest BCUT2D eigenvalue weighted by Crippen LogP contribution is 2.26. The van der Waals surface area contributed by atoms with Crippen LogP contribution in [0.3, 0.4) is 0 Å². The molecule has 0 aliphatic carbocycles. The first-order valence-corrected chi connectivity index (χ1v) is 9.80. The van der Waals surface area contributed by atoms with E-state index in [-0.39, 0.29) is 0 Å². The second-order valence-electron chi connectivity index (χ2n) is 7.00. The summed E-state index contributed by atoms with van der Waals surface area (Å²) in [5, 5.41) is 8.92. The molecule has 0 aliphatic rings. The maximum absolute atomic E-state index is 8.92. The van der Waals surface area contributed by atoms with Gasteiger partial charge in [-0.1, -0.05) is 38.3 Å². The van der Waals surface area contributed by atoms with Gasteiger partial charge in [0.1, 0.15) is 5.75 Å². The molecular formula is C22H27N5O. The van der Waals surface area contributed by atoms with E-state index in [1.54, 1.807) is 7.11 Å². The van der Waals surface area contributed by atoms with Gasteiger partial charge in [-0.05, 0) is 30.5 Å². The summed E-state index contributed by atoms with van der Waals surface area (Å²) in [5.74, 6) is 1.12. The van der Waals surface area contributed by atoms with Crippen molar-refractivity contribution in [1.29, 1.82) is 5.26 Å². The average Bonchev–Trinajstić information content (AvgIpc) is 3.09. The Bertz CT molecular complexity index is 986. The lowest BCUT2D eigenvalue weighted by Gasteiger charge is -2.13. The van der Waals surface area contributed by atoms with Gasteiger partial charge in [0.25, 0.3) is 0 Å². The Morgan fingerprint density at radius 1 is 1.18 bits per heavy atom. The maximum Gasteiger partial charge on any atom is 0.220 e. The van der Waals surface area contributed by atoms with E-state index in [4.69, 9.17) is 15.7 Å². The second kappa shape index (κ2) is 9.23. The summed E-state index contributed by atoms with van der Waals surface area (Å²) in [5.41, 5.74) is 10.8. The number of nitrogens with zero attached hydrogens (tertiary/aromatic N) is 4. The molecule has 28 heavy (non-hydrogen) atoms. The number of hydrogen-bond acceptors (Lipinski definition) is 5. The monoisotopic (exact) mass is 377 g/mol. The van der Waals surface area contributed by atoms with Crippen LogP contribution in [0.5, 0.6) is 5.75 Å². The average molecular weight is 377 g/mol. The molecule has 6 heteroatoms. The molecular weight excluding hydrogens is 350 g/mol. The van der Waals surface area contributed by atoms with Crippen LogP contribution in [0.2, 0.25) is 0 Å². The molecule has 0 saturated heterocycles. The first-order chi connectivity index (χ1) is 13.7. The van der Waals surface area contributed by atoms with Crippen molar-refractivity contribution < 1.29 is 4.74 Å². The van der Waals surface area contributed by atoms with E-state index < -0.39 is 0 Å². The molecule has 2 N–H and O–H groups in total. The lowest BCUT2D eigenvalue weighted by Crippen LogP contribution is -2.06. The minimum absolute atomic E-state index is 0.328. The molecule has 3 rings (SSSR count). The third-order valence-corrected chi connectivity index (χ3v) is 4.94. The Balaban J connectivity index is 1.92. The number of nitrogen functional groups attached to an aromatic ring is 1. The first-order valence-electron chi connectivity index (χ1n) is 9.80. The smallest absolute Gasteiger partial charge is 0.220 e. The number of nitrogens with two attached hydrogens (primary N) is 1. The van der Waals surface area contributed by atoms with E-state index in [0.717, 1.165) is 46.4 Å². The number of benzene rings is 1. The Morgan fingerprint density at radius 3 is 2.79 bits per heavy atom. The summed E-state index contributed by atoms with van der Waals surface area (Å²) in [7, 11) is 1.66. The minimum atomic E-state index is 0.328. The number of methoxy groups -OCH3 is 1. The van der Waals surface area contributed by atoms with Crippen molar-refractivity contribution in [2.45, 2.75) is 52.0 Å². The fourth-order valence-electron chi connectivity index (χ4n) is 3.53. The summed E-state index contributed by atoms with van der Waals surface area (Å²) in [6.07, 6.45) is 8.02. The topological polar surface area (TPSA) is 89.8 Å². The minimum Gasteiger partial charge on any atom is -0.496 e. The fraction of sp³-hybridized carbons (Fsp3) is 0.409. The van der Waals surface area contributed by atoms with E-state index in [1.165, 1.54) is 19.3 Å². The van der Waals surface area contributed by atoms with Crippen molar-refractivity contribution in [3.63, 3.8) is 0 Å². The van der Waals surface area contributed by atoms with Crippen LogP contribution in [0.15, 0.2) is 30.5 Å². The Hall–Kier alpha value is -3.07. The van der Waals surface area contributed by atoms with Gasteiger partial charge in [0.2, 0.25) is 5.95 Å². The highest BCUT2D eigenvalue weighted by atomic mass is 16.5.